The van der Waals surface area contributed by atoms with Crippen LogP contribution in [0.25, 0.3) is 0 Å². The van der Waals surface area contributed by atoms with Crippen LogP contribution in [-0.2, 0) is 0 Å². The summed E-state index contributed by atoms with van der Waals surface area (Å²) in [6, 6.07) is 0.487. The molecule has 1 aromatic rings. The lowest BCUT2D eigenvalue weighted by Crippen LogP contribution is -2.32. The van der Waals surface area contributed by atoms with Crippen LogP contribution in [-0.4, -0.2) is 22.6 Å². The van der Waals surface area contributed by atoms with Crippen molar-refractivity contribution in [1.29, 1.82) is 0 Å². The zero-order valence-electron chi connectivity index (χ0n) is 11.7. The van der Waals surface area contributed by atoms with Gasteiger partial charge in [-0.3, -0.25) is 0 Å². The highest BCUT2D eigenvalue weighted by molar-refractivity contribution is 6.32. The molecule has 1 saturated carbocycles. The minimum Gasteiger partial charge on any atom is -0.366 e. The van der Waals surface area contributed by atoms with Gasteiger partial charge in [0, 0.05) is 12.6 Å². The molecule has 1 aromatic heterocycles. The van der Waals surface area contributed by atoms with Gasteiger partial charge in [0.25, 0.3) is 0 Å². The average Bonchev–Trinajstić information content (AvgIpc) is 2.43. The van der Waals surface area contributed by atoms with E-state index in [1.165, 1.54) is 32.1 Å². The van der Waals surface area contributed by atoms with E-state index in [1.54, 1.807) is 6.20 Å². The normalized spacial score (nSPS) is 23.1. The Balaban J connectivity index is 2.10. The van der Waals surface area contributed by atoms with Crippen LogP contribution in [0.4, 0.5) is 11.8 Å². The number of aromatic nitrogens is 2. The number of halogens is 1. The summed E-state index contributed by atoms with van der Waals surface area (Å²) in [5.74, 6) is 2.12. The molecular weight excluding hydrogens is 260 g/mol. The Morgan fingerprint density at radius 1 is 1.32 bits per heavy atom. The first kappa shape index (κ1) is 14.4. The van der Waals surface area contributed by atoms with Crippen LogP contribution >= 0.6 is 11.6 Å². The van der Waals surface area contributed by atoms with E-state index >= 15 is 0 Å². The Hall–Kier alpha value is -1.03. The summed E-state index contributed by atoms with van der Waals surface area (Å²) < 4.78 is 0. The van der Waals surface area contributed by atoms with Crippen LogP contribution in [0.15, 0.2) is 6.20 Å². The third-order valence-corrected chi connectivity index (χ3v) is 4.11. The smallest absolute Gasteiger partial charge is 0.224 e. The van der Waals surface area contributed by atoms with Crippen molar-refractivity contribution in [3.63, 3.8) is 0 Å². The van der Waals surface area contributed by atoms with E-state index in [9.17, 15) is 0 Å². The largest absolute Gasteiger partial charge is 0.366 e. The summed E-state index contributed by atoms with van der Waals surface area (Å²) in [4.78, 5) is 8.63. The summed E-state index contributed by atoms with van der Waals surface area (Å²) in [6.07, 6.45) is 8.01. The summed E-state index contributed by atoms with van der Waals surface area (Å²) in [5, 5.41) is 7.24. The van der Waals surface area contributed by atoms with Gasteiger partial charge < -0.3 is 10.6 Å². The first-order valence-corrected chi connectivity index (χ1v) is 7.65. The second-order valence-electron chi connectivity index (χ2n) is 5.12. The fraction of sp³-hybridized carbons (Fsp3) is 0.714. The summed E-state index contributed by atoms with van der Waals surface area (Å²) >= 11 is 6.19. The highest BCUT2D eigenvalue weighted by Crippen LogP contribution is 2.30. The fourth-order valence-electron chi connectivity index (χ4n) is 2.77. The Labute approximate surface area is 120 Å². The highest BCUT2D eigenvalue weighted by atomic mass is 35.5. The Morgan fingerprint density at radius 2 is 2.11 bits per heavy atom. The molecule has 1 aliphatic rings. The maximum atomic E-state index is 6.19. The van der Waals surface area contributed by atoms with E-state index < -0.39 is 0 Å². The molecule has 0 aromatic carbocycles. The lowest BCUT2D eigenvalue weighted by Gasteiger charge is -2.32. The number of hydrogen-bond acceptors (Lipinski definition) is 4. The third kappa shape index (κ3) is 3.72. The number of nitrogens with one attached hydrogen (secondary N) is 2. The van der Waals surface area contributed by atoms with Crippen LogP contribution in [0.3, 0.4) is 0 Å². The summed E-state index contributed by atoms with van der Waals surface area (Å²) in [6.45, 7) is 5.09. The maximum absolute atomic E-state index is 6.19. The van der Waals surface area contributed by atoms with Gasteiger partial charge in [-0.05, 0) is 25.7 Å². The van der Waals surface area contributed by atoms with Crippen LogP contribution < -0.4 is 10.6 Å². The molecule has 2 unspecified atom stereocenters. The van der Waals surface area contributed by atoms with Gasteiger partial charge >= 0.3 is 0 Å². The summed E-state index contributed by atoms with van der Waals surface area (Å²) in [7, 11) is 0. The molecule has 106 valence electrons. The van der Waals surface area contributed by atoms with Gasteiger partial charge in [-0.15, -0.1) is 0 Å². The zero-order chi connectivity index (χ0) is 13.7. The standard InChI is InChI=1S/C14H23ClN4/c1-3-10-7-5-6-8-12(10)18-13-11(15)9-17-14(19-13)16-4-2/h9-10,12H,3-8H2,1-2H3,(H2,16,17,18,19). The minimum atomic E-state index is 0.487. The van der Waals surface area contributed by atoms with Crippen molar-refractivity contribution in [3.8, 4) is 0 Å². The monoisotopic (exact) mass is 282 g/mol. The Bertz CT molecular complexity index is 410. The van der Waals surface area contributed by atoms with E-state index in [-0.39, 0.29) is 0 Å². The number of rotatable bonds is 5. The quantitative estimate of drug-likeness (QED) is 0.859. The fourth-order valence-corrected chi connectivity index (χ4v) is 2.92. The molecule has 2 atom stereocenters. The van der Waals surface area contributed by atoms with E-state index in [0.717, 1.165) is 18.3 Å². The molecule has 0 spiro atoms. The van der Waals surface area contributed by atoms with Crippen molar-refractivity contribution in [1.82, 2.24) is 9.97 Å². The zero-order valence-corrected chi connectivity index (χ0v) is 12.5. The molecule has 5 heteroatoms. The minimum absolute atomic E-state index is 0.487. The van der Waals surface area contributed by atoms with Crippen molar-refractivity contribution in [2.24, 2.45) is 5.92 Å². The molecular formula is C14H23ClN4. The summed E-state index contributed by atoms with van der Waals surface area (Å²) in [5.41, 5.74) is 0. The lowest BCUT2D eigenvalue weighted by atomic mass is 9.83. The highest BCUT2D eigenvalue weighted by Gasteiger charge is 2.24. The Morgan fingerprint density at radius 3 is 2.84 bits per heavy atom. The molecule has 0 amide bonds. The topological polar surface area (TPSA) is 49.8 Å². The van der Waals surface area contributed by atoms with Gasteiger partial charge in [-0.1, -0.05) is 37.8 Å². The molecule has 4 nitrogen and oxygen atoms in total. The molecule has 0 bridgehead atoms. The lowest BCUT2D eigenvalue weighted by molar-refractivity contribution is 0.317. The van der Waals surface area contributed by atoms with Gasteiger partial charge in [-0.2, -0.15) is 4.98 Å². The van der Waals surface area contributed by atoms with Crippen molar-refractivity contribution in [3.05, 3.63) is 11.2 Å². The predicted molar refractivity (Wildman–Crippen MR) is 80.9 cm³/mol. The second-order valence-corrected chi connectivity index (χ2v) is 5.53. The van der Waals surface area contributed by atoms with Gasteiger partial charge in [0.05, 0.1) is 6.20 Å². The van der Waals surface area contributed by atoms with Crippen molar-refractivity contribution >= 4 is 23.4 Å². The first-order valence-electron chi connectivity index (χ1n) is 7.27. The molecule has 0 radical (unpaired) electrons. The predicted octanol–water partition coefficient (Wildman–Crippen LogP) is 3.94. The number of anilines is 2. The van der Waals surface area contributed by atoms with Gasteiger partial charge in [0.1, 0.15) is 5.02 Å². The second kappa shape index (κ2) is 6.94. The average molecular weight is 283 g/mol. The van der Waals surface area contributed by atoms with Gasteiger partial charge in [-0.25, -0.2) is 4.98 Å². The molecule has 2 N–H and O–H groups in total. The Kier molecular flexibility index (Phi) is 5.25. The van der Waals surface area contributed by atoms with Crippen LogP contribution in [0.1, 0.15) is 46.0 Å². The van der Waals surface area contributed by atoms with E-state index in [1.807, 2.05) is 6.92 Å². The first-order chi connectivity index (χ1) is 9.24. The molecule has 0 aliphatic heterocycles. The van der Waals surface area contributed by atoms with Crippen LogP contribution in [0.5, 0.6) is 0 Å². The van der Waals surface area contributed by atoms with Gasteiger partial charge in [0.2, 0.25) is 5.95 Å². The van der Waals surface area contributed by atoms with Crippen molar-refractivity contribution in [2.45, 2.75) is 52.0 Å². The molecule has 19 heavy (non-hydrogen) atoms. The van der Waals surface area contributed by atoms with Crippen molar-refractivity contribution < 1.29 is 0 Å². The van der Waals surface area contributed by atoms with E-state index in [2.05, 4.69) is 27.5 Å². The SMILES string of the molecule is CCNc1ncc(Cl)c(NC2CCCCC2CC)n1. The maximum Gasteiger partial charge on any atom is 0.224 e. The van der Waals surface area contributed by atoms with Crippen molar-refractivity contribution in [2.75, 3.05) is 17.2 Å². The molecule has 1 fully saturated rings. The number of nitrogens with zero attached hydrogens (tertiary/aromatic N) is 2. The molecule has 1 heterocycles. The van der Waals surface area contributed by atoms with Gasteiger partial charge in [0.15, 0.2) is 5.82 Å². The van der Waals surface area contributed by atoms with Crippen LogP contribution in [0, 0.1) is 5.92 Å². The van der Waals surface area contributed by atoms with E-state index in [4.69, 9.17) is 11.6 Å². The molecule has 0 saturated heterocycles. The number of hydrogen-bond donors (Lipinski definition) is 2. The third-order valence-electron chi connectivity index (χ3n) is 3.83. The van der Waals surface area contributed by atoms with E-state index in [0.29, 0.717) is 17.0 Å². The molecule has 2 rings (SSSR count). The van der Waals surface area contributed by atoms with Crippen LogP contribution in [0.2, 0.25) is 5.02 Å². The molecule has 1 aliphatic carbocycles.